The number of aromatic nitrogens is 1. The lowest BCUT2D eigenvalue weighted by molar-refractivity contribution is -0.116. The number of nitrogens with one attached hydrogen (secondary N) is 1. The second-order valence-corrected chi connectivity index (χ2v) is 6.62. The number of amides is 1. The van der Waals surface area contributed by atoms with E-state index in [1.54, 1.807) is 36.1 Å². The lowest BCUT2D eigenvalue weighted by Crippen LogP contribution is -2.22. The molecule has 1 amide bonds. The fourth-order valence-electron chi connectivity index (χ4n) is 2.95. The molecule has 0 saturated heterocycles. The summed E-state index contributed by atoms with van der Waals surface area (Å²) in [6, 6.07) is 14.7. The van der Waals surface area contributed by atoms with Gasteiger partial charge in [0.1, 0.15) is 0 Å². The van der Waals surface area contributed by atoms with Crippen LogP contribution >= 0.6 is 11.6 Å². The number of rotatable bonds is 7. The van der Waals surface area contributed by atoms with Gasteiger partial charge in [-0.1, -0.05) is 35.9 Å². The molecule has 3 rings (SSSR count). The fraction of sp³-hybridized carbons (Fsp3) is 0.238. The Morgan fingerprint density at radius 2 is 1.93 bits per heavy atom. The summed E-state index contributed by atoms with van der Waals surface area (Å²) in [5.41, 5.74) is 1.47. The largest absolute Gasteiger partial charge is 0.383 e. The summed E-state index contributed by atoms with van der Waals surface area (Å²) in [6.45, 7) is 0.948. The van der Waals surface area contributed by atoms with Gasteiger partial charge in [-0.25, -0.2) is 0 Å². The molecule has 1 heterocycles. The minimum atomic E-state index is -0.119. The molecular weight excluding hydrogens is 364 g/mol. The van der Waals surface area contributed by atoms with Gasteiger partial charge < -0.3 is 14.6 Å². The number of ether oxygens (including phenoxy) is 1. The van der Waals surface area contributed by atoms with Crippen molar-refractivity contribution in [2.24, 2.45) is 0 Å². The Kier molecular flexibility index (Phi) is 6.27. The zero-order chi connectivity index (χ0) is 19.2. The first-order chi connectivity index (χ1) is 13.1. The Labute approximate surface area is 162 Å². The molecule has 6 heteroatoms. The molecule has 3 aromatic rings. The number of aryl methyl sites for hydroxylation is 1. The average molecular weight is 385 g/mol. The van der Waals surface area contributed by atoms with Gasteiger partial charge in [0.25, 0.3) is 5.56 Å². The summed E-state index contributed by atoms with van der Waals surface area (Å²) in [5, 5.41) is 4.86. The number of hydrogen-bond donors (Lipinski definition) is 1. The van der Waals surface area contributed by atoms with E-state index in [1.165, 1.54) is 0 Å². The number of pyridine rings is 1. The molecule has 5 nitrogen and oxygen atoms in total. The summed E-state index contributed by atoms with van der Waals surface area (Å²) in [7, 11) is 1.60. The minimum absolute atomic E-state index is 0.100. The van der Waals surface area contributed by atoms with E-state index in [4.69, 9.17) is 16.3 Å². The van der Waals surface area contributed by atoms with Gasteiger partial charge in [0.2, 0.25) is 5.91 Å². The minimum Gasteiger partial charge on any atom is -0.383 e. The van der Waals surface area contributed by atoms with E-state index in [-0.39, 0.29) is 11.5 Å². The van der Waals surface area contributed by atoms with E-state index >= 15 is 0 Å². The third-order valence-electron chi connectivity index (χ3n) is 4.41. The van der Waals surface area contributed by atoms with Crippen LogP contribution in [0.15, 0.2) is 59.5 Å². The van der Waals surface area contributed by atoms with Gasteiger partial charge in [0.15, 0.2) is 0 Å². The van der Waals surface area contributed by atoms with E-state index in [2.05, 4.69) is 5.32 Å². The number of hydrogen-bond acceptors (Lipinski definition) is 3. The monoisotopic (exact) mass is 384 g/mol. The highest BCUT2D eigenvalue weighted by molar-refractivity contribution is 6.31. The van der Waals surface area contributed by atoms with Crippen molar-refractivity contribution in [3.63, 3.8) is 0 Å². The summed E-state index contributed by atoms with van der Waals surface area (Å²) >= 11 is 6.14. The van der Waals surface area contributed by atoms with Crippen molar-refractivity contribution in [3.8, 4) is 0 Å². The molecule has 2 aromatic carbocycles. The summed E-state index contributed by atoms with van der Waals surface area (Å²) < 4.78 is 6.64. The zero-order valence-corrected chi connectivity index (χ0v) is 15.8. The van der Waals surface area contributed by atoms with Crippen molar-refractivity contribution in [1.29, 1.82) is 0 Å². The number of carbonyl (C=O) groups is 1. The Morgan fingerprint density at radius 3 is 2.70 bits per heavy atom. The standard InChI is InChI=1S/C21H21ClN2O3/c1-27-14-13-24-12-11-16-17(21(24)26)6-4-8-19(16)23-20(25)10-9-15-5-2-3-7-18(15)22/h2-8,11-12H,9-10,13-14H2,1H3,(H,23,25). The lowest BCUT2D eigenvalue weighted by atomic mass is 10.1. The van der Waals surface area contributed by atoms with Crippen molar-refractivity contribution in [2.75, 3.05) is 19.0 Å². The molecule has 0 radical (unpaired) electrons. The Hall–Kier alpha value is -2.63. The highest BCUT2D eigenvalue weighted by Crippen LogP contribution is 2.22. The Bertz CT molecular complexity index is 1010. The van der Waals surface area contributed by atoms with E-state index in [0.29, 0.717) is 42.1 Å². The zero-order valence-electron chi connectivity index (χ0n) is 15.1. The highest BCUT2D eigenvalue weighted by Gasteiger charge is 2.10. The second kappa shape index (κ2) is 8.84. The third-order valence-corrected chi connectivity index (χ3v) is 4.78. The van der Waals surface area contributed by atoms with E-state index in [0.717, 1.165) is 10.9 Å². The number of nitrogens with zero attached hydrogens (tertiary/aromatic N) is 1. The van der Waals surface area contributed by atoms with Crippen LogP contribution in [-0.4, -0.2) is 24.2 Å². The van der Waals surface area contributed by atoms with Crippen LogP contribution in [0.25, 0.3) is 10.8 Å². The topological polar surface area (TPSA) is 60.3 Å². The van der Waals surface area contributed by atoms with Crippen molar-refractivity contribution < 1.29 is 9.53 Å². The van der Waals surface area contributed by atoms with E-state index < -0.39 is 0 Å². The molecule has 0 atom stereocenters. The third kappa shape index (κ3) is 4.56. The number of methoxy groups -OCH3 is 1. The van der Waals surface area contributed by atoms with Crippen LogP contribution in [-0.2, 0) is 22.5 Å². The first-order valence-corrected chi connectivity index (χ1v) is 9.12. The van der Waals surface area contributed by atoms with Crippen LogP contribution in [0.3, 0.4) is 0 Å². The molecule has 27 heavy (non-hydrogen) atoms. The van der Waals surface area contributed by atoms with Gasteiger partial charge in [-0.2, -0.15) is 0 Å². The van der Waals surface area contributed by atoms with Crippen LogP contribution in [0.1, 0.15) is 12.0 Å². The summed E-state index contributed by atoms with van der Waals surface area (Å²) in [4.78, 5) is 25.0. The van der Waals surface area contributed by atoms with Gasteiger partial charge in [-0.15, -0.1) is 0 Å². The maximum absolute atomic E-state index is 12.6. The van der Waals surface area contributed by atoms with Gasteiger partial charge in [-0.05, 0) is 36.2 Å². The average Bonchev–Trinajstić information content (AvgIpc) is 2.67. The Morgan fingerprint density at radius 1 is 1.11 bits per heavy atom. The van der Waals surface area contributed by atoms with Gasteiger partial charge in [0.05, 0.1) is 6.61 Å². The van der Waals surface area contributed by atoms with Gasteiger partial charge in [-0.3, -0.25) is 9.59 Å². The van der Waals surface area contributed by atoms with Crippen molar-refractivity contribution in [2.45, 2.75) is 19.4 Å². The van der Waals surface area contributed by atoms with Crippen LogP contribution < -0.4 is 10.9 Å². The molecule has 1 aromatic heterocycles. The Balaban J connectivity index is 1.76. The molecule has 1 N–H and O–H groups in total. The van der Waals surface area contributed by atoms with Crippen LogP contribution in [0.4, 0.5) is 5.69 Å². The van der Waals surface area contributed by atoms with Gasteiger partial charge >= 0.3 is 0 Å². The molecule has 0 bridgehead atoms. The van der Waals surface area contributed by atoms with Gasteiger partial charge in [0, 0.05) is 47.8 Å². The lowest BCUT2D eigenvalue weighted by Gasteiger charge is -2.11. The maximum Gasteiger partial charge on any atom is 0.258 e. The SMILES string of the molecule is COCCn1ccc2c(NC(=O)CCc3ccccc3Cl)cccc2c1=O. The van der Waals surface area contributed by atoms with Crippen molar-refractivity contribution in [1.82, 2.24) is 4.57 Å². The number of anilines is 1. The first kappa shape index (κ1) is 19.1. The quantitative estimate of drug-likeness (QED) is 0.672. The molecular formula is C21H21ClN2O3. The van der Waals surface area contributed by atoms with Crippen LogP contribution in [0.5, 0.6) is 0 Å². The van der Waals surface area contributed by atoms with E-state index in [9.17, 15) is 9.59 Å². The number of fused-ring (bicyclic) bond motifs is 1. The predicted octanol–water partition coefficient (Wildman–Crippen LogP) is 3.87. The van der Waals surface area contributed by atoms with Crippen LogP contribution in [0.2, 0.25) is 5.02 Å². The number of benzene rings is 2. The second-order valence-electron chi connectivity index (χ2n) is 6.21. The smallest absolute Gasteiger partial charge is 0.258 e. The molecule has 0 aliphatic heterocycles. The fourth-order valence-corrected chi connectivity index (χ4v) is 3.19. The van der Waals surface area contributed by atoms with Crippen molar-refractivity contribution >= 4 is 34.0 Å². The van der Waals surface area contributed by atoms with Crippen LogP contribution in [0, 0.1) is 0 Å². The summed E-state index contributed by atoms with van der Waals surface area (Å²) in [5.74, 6) is -0.119. The molecule has 0 spiro atoms. The molecule has 140 valence electrons. The summed E-state index contributed by atoms with van der Waals surface area (Å²) in [6.07, 6.45) is 2.59. The molecule has 0 aliphatic rings. The number of halogens is 1. The van der Waals surface area contributed by atoms with E-state index in [1.807, 2.05) is 30.3 Å². The normalized spacial score (nSPS) is 10.9. The maximum atomic E-state index is 12.6. The first-order valence-electron chi connectivity index (χ1n) is 8.74. The van der Waals surface area contributed by atoms with Crippen molar-refractivity contribution in [3.05, 3.63) is 75.7 Å². The predicted molar refractivity (Wildman–Crippen MR) is 108 cm³/mol. The molecule has 0 unspecified atom stereocenters. The molecule has 0 saturated carbocycles. The highest BCUT2D eigenvalue weighted by atomic mass is 35.5. The number of carbonyl (C=O) groups excluding carboxylic acids is 1. The molecule has 0 aliphatic carbocycles. The molecule has 0 fully saturated rings.